The third kappa shape index (κ3) is 2.07. The number of H-pyrrole nitrogens is 2. The number of hydrogen-bond donors (Lipinski definition) is 2. The molecule has 2 saturated carbocycles. The summed E-state index contributed by atoms with van der Waals surface area (Å²) in [5.41, 5.74) is 10.0. The van der Waals surface area contributed by atoms with Gasteiger partial charge in [0.1, 0.15) is 11.4 Å². The van der Waals surface area contributed by atoms with E-state index in [9.17, 15) is 0 Å². The molecule has 0 radical (unpaired) electrons. The molecule has 4 aliphatic rings. The Morgan fingerprint density at radius 3 is 2.00 bits per heavy atom. The van der Waals surface area contributed by atoms with Crippen molar-refractivity contribution in [1.29, 1.82) is 0 Å². The summed E-state index contributed by atoms with van der Waals surface area (Å²) < 4.78 is 0. The predicted octanol–water partition coefficient (Wildman–Crippen LogP) is 6.76. The molecule has 4 atom stereocenters. The van der Waals surface area contributed by atoms with Crippen molar-refractivity contribution in [3.8, 4) is 22.8 Å². The van der Waals surface area contributed by atoms with Gasteiger partial charge in [-0.3, -0.25) is 15.2 Å². The third-order valence-corrected chi connectivity index (χ3v) is 12.0. The van der Waals surface area contributed by atoms with Gasteiger partial charge in [0.25, 0.3) is 0 Å². The lowest BCUT2D eigenvalue weighted by Crippen LogP contribution is -2.32. The number of hydrogen-bond acceptors (Lipinski definition) is 4. The first-order chi connectivity index (χ1) is 17.1. The van der Waals surface area contributed by atoms with E-state index < -0.39 is 0 Å². The van der Waals surface area contributed by atoms with Gasteiger partial charge in [0.05, 0.1) is 11.4 Å². The molecule has 184 valence electrons. The smallest absolute Gasteiger partial charge is 0.115 e. The fourth-order valence-corrected chi connectivity index (χ4v) is 8.90. The maximum Gasteiger partial charge on any atom is 0.115 e. The minimum atomic E-state index is 0.135. The van der Waals surface area contributed by atoms with Gasteiger partial charge in [0, 0.05) is 56.5 Å². The molecule has 4 aromatic heterocycles. The van der Waals surface area contributed by atoms with Crippen LogP contribution in [0.4, 0.5) is 0 Å². The molecule has 36 heavy (non-hydrogen) atoms. The molecular formula is C30H34N6. The molecule has 6 nitrogen and oxygen atoms in total. The Labute approximate surface area is 211 Å². The average molecular weight is 479 g/mol. The summed E-state index contributed by atoms with van der Waals surface area (Å²) in [5.74, 6) is 1.01. The maximum absolute atomic E-state index is 5.36. The summed E-state index contributed by atoms with van der Waals surface area (Å²) in [6.07, 6.45) is 8.68. The van der Waals surface area contributed by atoms with E-state index >= 15 is 0 Å². The molecule has 0 amide bonds. The van der Waals surface area contributed by atoms with E-state index in [1.807, 2.05) is 12.4 Å². The van der Waals surface area contributed by atoms with Crippen molar-refractivity contribution in [2.24, 2.45) is 10.8 Å². The SMILES string of the molecule is CC12CCC(c3c(-c4cc5cnccc5c(-c5n[nH]c6c5C5CCC6(C)C5(C)C)n4)n[nH]c31)C2(C)C. The molecule has 4 aromatic rings. The second-order valence-corrected chi connectivity index (χ2v) is 13.5. The van der Waals surface area contributed by atoms with Crippen LogP contribution in [-0.2, 0) is 10.8 Å². The molecule has 0 aromatic carbocycles. The Balaban J connectivity index is 1.37. The van der Waals surface area contributed by atoms with Crippen molar-refractivity contribution in [3.63, 3.8) is 0 Å². The second-order valence-electron chi connectivity index (χ2n) is 13.5. The number of nitrogens with one attached hydrogen (secondary N) is 2. The van der Waals surface area contributed by atoms with Gasteiger partial charge in [0.15, 0.2) is 0 Å². The molecule has 4 bridgehead atoms. The first kappa shape index (κ1) is 21.1. The van der Waals surface area contributed by atoms with Crippen LogP contribution < -0.4 is 0 Å². The Morgan fingerprint density at radius 2 is 1.36 bits per heavy atom. The second kappa shape index (κ2) is 6.09. The first-order valence-corrected chi connectivity index (χ1v) is 13.5. The van der Waals surface area contributed by atoms with Crippen molar-refractivity contribution in [2.75, 3.05) is 0 Å². The molecule has 2 fully saturated rings. The van der Waals surface area contributed by atoms with E-state index in [4.69, 9.17) is 15.2 Å². The molecular weight excluding hydrogens is 444 g/mol. The fraction of sp³-hybridized carbons (Fsp3) is 0.533. The summed E-state index contributed by atoms with van der Waals surface area (Å²) in [4.78, 5) is 9.82. The topological polar surface area (TPSA) is 83.1 Å². The van der Waals surface area contributed by atoms with Gasteiger partial charge >= 0.3 is 0 Å². The number of aromatic nitrogens is 6. The van der Waals surface area contributed by atoms with E-state index in [-0.39, 0.29) is 21.7 Å². The van der Waals surface area contributed by atoms with E-state index in [2.05, 4.69) is 68.9 Å². The first-order valence-electron chi connectivity index (χ1n) is 13.5. The van der Waals surface area contributed by atoms with E-state index in [1.54, 1.807) is 0 Å². The molecule has 4 aliphatic carbocycles. The molecule has 6 heteroatoms. The van der Waals surface area contributed by atoms with Crippen LogP contribution in [0.3, 0.4) is 0 Å². The normalized spacial score (nSPS) is 32.4. The summed E-state index contributed by atoms with van der Waals surface area (Å²) in [5, 5.41) is 19.0. The molecule has 0 aliphatic heterocycles. The Morgan fingerprint density at radius 1 is 0.778 bits per heavy atom. The Kier molecular flexibility index (Phi) is 3.57. The summed E-state index contributed by atoms with van der Waals surface area (Å²) in [7, 11) is 0. The van der Waals surface area contributed by atoms with Crippen LogP contribution in [-0.4, -0.2) is 30.4 Å². The van der Waals surface area contributed by atoms with Crippen molar-refractivity contribution < 1.29 is 0 Å². The molecule has 4 unspecified atom stereocenters. The minimum absolute atomic E-state index is 0.135. The van der Waals surface area contributed by atoms with E-state index in [1.165, 1.54) is 48.2 Å². The largest absolute Gasteiger partial charge is 0.281 e. The zero-order valence-electron chi connectivity index (χ0n) is 22.1. The van der Waals surface area contributed by atoms with E-state index in [0.29, 0.717) is 11.8 Å². The molecule has 0 spiro atoms. The highest BCUT2D eigenvalue weighted by Gasteiger charge is 2.63. The lowest BCUT2D eigenvalue weighted by molar-refractivity contribution is 0.225. The monoisotopic (exact) mass is 478 g/mol. The van der Waals surface area contributed by atoms with Gasteiger partial charge in [-0.15, -0.1) is 0 Å². The standard InChI is InChI=1S/C30H34N6/c1-27(2)17-7-10-29(27,5)25-20(17)23(33-35-25)19-13-15-14-31-12-9-16(15)22(32-19)24-21-18-8-11-30(6,28(18,3)4)26(21)36-34-24/h9,12-14,17-18H,7-8,10-11H2,1-6H3,(H,33,35)(H,34,36). The quantitative estimate of drug-likeness (QED) is 0.333. The zero-order chi connectivity index (χ0) is 24.8. The number of fused-ring (bicyclic) bond motifs is 11. The lowest BCUT2D eigenvalue weighted by Gasteiger charge is -2.34. The van der Waals surface area contributed by atoms with Crippen LogP contribution in [0, 0.1) is 10.8 Å². The molecule has 4 heterocycles. The van der Waals surface area contributed by atoms with Crippen LogP contribution in [0.5, 0.6) is 0 Å². The van der Waals surface area contributed by atoms with Crippen LogP contribution >= 0.6 is 0 Å². The average Bonchev–Trinajstić information content (AvgIpc) is 3.63. The van der Waals surface area contributed by atoms with E-state index in [0.717, 1.165) is 33.5 Å². The highest BCUT2D eigenvalue weighted by Crippen LogP contribution is 2.69. The van der Waals surface area contributed by atoms with Gasteiger partial charge in [-0.25, -0.2) is 4.98 Å². The van der Waals surface area contributed by atoms with Crippen LogP contribution in [0.1, 0.15) is 102 Å². The fourth-order valence-electron chi connectivity index (χ4n) is 8.90. The summed E-state index contributed by atoms with van der Waals surface area (Å²) in [6.45, 7) is 14.5. The summed E-state index contributed by atoms with van der Waals surface area (Å²) >= 11 is 0. The number of pyridine rings is 2. The van der Waals surface area contributed by atoms with Crippen molar-refractivity contribution in [1.82, 2.24) is 30.4 Å². The summed E-state index contributed by atoms with van der Waals surface area (Å²) in [6, 6.07) is 4.26. The van der Waals surface area contributed by atoms with Gasteiger partial charge in [-0.2, -0.15) is 10.2 Å². The predicted molar refractivity (Wildman–Crippen MR) is 141 cm³/mol. The highest BCUT2D eigenvalue weighted by molar-refractivity contribution is 5.96. The number of rotatable bonds is 2. The minimum Gasteiger partial charge on any atom is -0.281 e. The molecule has 2 N–H and O–H groups in total. The van der Waals surface area contributed by atoms with Crippen LogP contribution in [0.25, 0.3) is 33.5 Å². The Hall–Kier alpha value is -3.02. The van der Waals surface area contributed by atoms with Gasteiger partial charge in [-0.05, 0) is 60.5 Å². The van der Waals surface area contributed by atoms with Crippen molar-refractivity contribution >= 4 is 10.8 Å². The van der Waals surface area contributed by atoms with Crippen molar-refractivity contribution in [3.05, 3.63) is 47.0 Å². The van der Waals surface area contributed by atoms with Gasteiger partial charge in [-0.1, -0.05) is 41.5 Å². The van der Waals surface area contributed by atoms with Crippen molar-refractivity contribution in [2.45, 2.75) is 89.9 Å². The van der Waals surface area contributed by atoms with Crippen LogP contribution in [0.2, 0.25) is 0 Å². The Bertz CT molecular complexity index is 1600. The van der Waals surface area contributed by atoms with Crippen LogP contribution in [0.15, 0.2) is 24.5 Å². The molecule has 8 rings (SSSR count). The molecule has 0 saturated heterocycles. The highest BCUT2D eigenvalue weighted by atomic mass is 15.2. The third-order valence-electron chi connectivity index (χ3n) is 12.0. The van der Waals surface area contributed by atoms with Gasteiger partial charge < -0.3 is 0 Å². The maximum atomic E-state index is 5.36. The lowest BCUT2D eigenvalue weighted by atomic mass is 9.70. The van der Waals surface area contributed by atoms with Gasteiger partial charge in [0.2, 0.25) is 0 Å². The number of aromatic amines is 2. The zero-order valence-corrected chi connectivity index (χ0v) is 22.1. The number of nitrogens with zero attached hydrogens (tertiary/aromatic N) is 4.